The van der Waals surface area contributed by atoms with Gasteiger partial charge in [0.2, 0.25) is 0 Å². The number of carboxylic acid groups (broad SMARTS) is 1. The van der Waals surface area contributed by atoms with E-state index in [0.29, 0.717) is 18.4 Å². The normalized spacial score (nSPS) is 16.7. The minimum Gasteiger partial charge on any atom is -0.480 e. The summed E-state index contributed by atoms with van der Waals surface area (Å²) in [6.07, 6.45) is 2.55. The van der Waals surface area contributed by atoms with Gasteiger partial charge >= 0.3 is 5.97 Å². The molecule has 3 rings (SSSR count). The number of carbonyl (C=O) groups is 2. The summed E-state index contributed by atoms with van der Waals surface area (Å²) in [5, 5.41) is 13.2. The molecule has 0 bridgehead atoms. The van der Waals surface area contributed by atoms with E-state index in [1.165, 1.54) is 0 Å². The van der Waals surface area contributed by atoms with Crippen LogP contribution in [0.2, 0.25) is 0 Å². The summed E-state index contributed by atoms with van der Waals surface area (Å²) < 4.78 is 5.80. The molecule has 1 fully saturated rings. The van der Waals surface area contributed by atoms with Gasteiger partial charge in [-0.3, -0.25) is 4.79 Å². The van der Waals surface area contributed by atoms with E-state index >= 15 is 0 Å². The van der Waals surface area contributed by atoms with Crippen molar-refractivity contribution in [1.82, 2.24) is 5.32 Å². The maximum Gasteiger partial charge on any atom is 0.329 e. The average molecular weight is 315 g/mol. The Morgan fingerprint density at radius 1 is 1.13 bits per heavy atom. The predicted octanol–water partition coefficient (Wildman–Crippen LogP) is 3.49. The highest BCUT2D eigenvalue weighted by Gasteiger charge is 2.43. The van der Waals surface area contributed by atoms with Crippen molar-refractivity contribution in [2.24, 2.45) is 0 Å². The number of benzene rings is 1. The van der Waals surface area contributed by atoms with Crippen molar-refractivity contribution < 1.29 is 19.1 Å². The highest BCUT2D eigenvalue weighted by Crippen LogP contribution is 2.33. The number of aliphatic carboxylic acids is 1. The Labute approximate surface area is 134 Å². The highest BCUT2D eigenvalue weighted by atomic mass is 16.4. The monoisotopic (exact) mass is 315 g/mol. The van der Waals surface area contributed by atoms with Gasteiger partial charge in [-0.2, -0.15) is 0 Å². The molecule has 2 aromatic rings. The quantitative estimate of drug-likeness (QED) is 0.908. The van der Waals surface area contributed by atoms with Crippen molar-refractivity contribution in [1.29, 1.82) is 0 Å². The first-order chi connectivity index (χ1) is 10.9. The molecule has 1 amide bonds. The summed E-state index contributed by atoms with van der Waals surface area (Å²) in [5.41, 5.74) is 2.30. The van der Waals surface area contributed by atoms with E-state index in [4.69, 9.17) is 4.42 Å². The second-order valence-corrected chi connectivity index (χ2v) is 6.51. The maximum atomic E-state index is 12.7. The summed E-state index contributed by atoms with van der Waals surface area (Å²) in [7, 11) is 0. The van der Waals surface area contributed by atoms with Crippen LogP contribution in [0.1, 0.15) is 52.9 Å². The second-order valence-electron chi connectivity index (χ2n) is 6.51. The van der Waals surface area contributed by atoms with E-state index < -0.39 is 17.4 Å². The third kappa shape index (κ3) is 2.40. The van der Waals surface area contributed by atoms with Gasteiger partial charge in [-0.25, -0.2) is 4.79 Å². The number of nitrogens with one attached hydrogen (secondary N) is 1. The van der Waals surface area contributed by atoms with Crippen molar-refractivity contribution in [2.45, 2.75) is 52.0 Å². The van der Waals surface area contributed by atoms with Crippen LogP contribution in [-0.4, -0.2) is 22.5 Å². The third-order valence-electron chi connectivity index (χ3n) is 4.91. The smallest absolute Gasteiger partial charge is 0.329 e. The average Bonchev–Trinajstić information content (AvgIpc) is 3.09. The van der Waals surface area contributed by atoms with Gasteiger partial charge in [0, 0.05) is 10.9 Å². The van der Waals surface area contributed by atoms with Crippen molar-refractivity contribution in [3.05, 3.63) is 34.6 Å². The van der Waals surface area contributed by atoms with Gasteiger partial charge in [-0.1, -0.05) is 25.0 Å². The van der Waals surface area contributed by atoms with E-state index in [1.54, 1.807) is 0 Å². The number of furan rings is 1. The van der Waals surface area contributed by atoms with Gasteiger partial charge < -0.3 is 14.8 Å². The minimum atomic E-state index is -1.16. The van der Waals surface area contributed by atoms with Crippen LogP contribution in [0.5, 0.6) is 0 Å². The lowest BCUT2D eigenvalue weighted by atomic mass is 9.97. The molecule has 1 aliphatic rings. The molecule has 0 saturated heterocycles. The van der Waals surface area contributed by atoms with Gasteiger partial charge in [0.05, 0.1) is 0 Å². The Bertz CT molecular complexity index is 797. The Hall–Kier alpha value is -2.30. The Kier molecular flexibility index (Phi) is 3.66. The Morgan fingerprint density at radius 3 is 2.30 bits per heavy atom. The fraction of sp³-hybridized carbons (Fsp3) is 0.444. The Morgan fingerprint density at radius 2 is 1.74 bits per heavy atom. The van der Waals surface area contributed by atoms with Crippen LogP contribution >= 0.6 is 0 Å². The third-order valence-corrected chi connectivity index (χ3v) is 4.91. The SMILES string of the molecule is Cc1ccc(C)c2c(C)c(C(=O)NC3(C(=O)O)CCCC3)oc12. The lowest BCUT2D eigenvalue weighted by Crippen LogP contribution is -2.52. The summed E-state index contributed by atoms with van der Waals surface area (Å²) in [6.45, 7) is 5.75. The highest BCUT2D eigenvalue weighted by molar-refractivity contribution is 6.02. The topological polar surface area (TPSA) is 79.5 Å². The number of aryl methyl sites for hydroxylation is 3. The first-order valence-corrected chi connectivity index (χ1v) is 7.91. The minimum absolute atomic E-state index is 0.213. The van der Waals surface area contributed by atoms with Gasteiger partial charge in [0.1, 0.15) is 11.1 Å². The summed E-state index contributed by atoms with van der Waals surface area (Å²) in [4.78, 5) is 24.3. The van der Waals surface area contributed by atoms with E-state index in [2.05, 4.69) is 5.32 Å². The number of hydrogen-bond donors (Lipinski definition) is 2. The largest absolute Gasteiger partial charge is 0.480 e. The number of fused-ring (bicyclic) bond motifs is 1. The number of amides is 1. The molecule has 1 saturated carbocycles. The lowest BCUT2D eigenvalue weighted by Gasteiger charge is -2.24. The van der Waals surface area contributed by atoms with Crippen LogP contribution in [0.25, 0.3) is 11.0 Å². The molecule has 0 aliphatic heterocycles. The number of hydrogen-bond acceptors (Lipinski definition) is 3. The number of rotatable bonds is 3. The van der Waals surface area contributed by atoms with Crippen LogP contribution in [0.4, 0.5) is 0 Å². The molecule has 0 unspecified atom stereocenters. The standard InChI is InChI=1S/C18H21NO4/c1-10-6-7-11(2)14-13(10)12(3)15(23-14)16(20)19-18(17(21)22)8-4-5-9-18/h6-7H,4-5,8-9H2,1-3H3,(H,19,20)(H,21,22). The molecule has 1 heterocycles. The molecule has 5 nitrogen and oxygen atoms in total. The molecule has 5 heteroatoms. The first kappa shape index (κ1) is 15.6. The van der Waals surface area contributed by atoms with E-state index in [1.807, 2.05) is 32.9 Å². The predicted molar refractivity (Wildman–Crippen MR) is 86.7 cm³/mol. The summed E-state index contributed by atoms with van der Waals surface area (Å²) >= 11 is 0. The number of carboxylic acids is 1. The van der Waals surface area contributed by atoms with Crippen LogP contribution in [0.3, 0.4) is 0 Å². The van der Waals surface area contributed by atoms with E-state index in [9.17, 15) is 14.7 Å². The van der Waals surface area contributed by atoms with Crippen molar-refractivity contribution in [3.8, 4) is 0 Å². The molecule has 1 aliphatic carbocycles. The second kappa shape index (κ2) is 5.41. The van der Waals surface area contributed by atoms with Crippen molar-refractivity contribution in [2.75, 3.05) is 0 Å². The summed E-state index contributed by atoms with van der Waals surface area (Å²) in [6, 6.07) is 3.95. The van der Waals surface area contributed by atoms with Crippen LogP contribution in [0, 0.1) is 20.8 Å². The molecule has 23 heavy (non-hydrogen) atoms. The molecular weight excluding hydrogens is 294 g/mol. The molecule has 2 N–H and O–H groups in total. The van der Waals surface area contributed by atoms with Crippen molar-refractivity contribution in [3.63, 3.8) is 0 Å². The van der Waals surface area contributed by atoms with Crippen LogP contribution in [-0.2, 0) is 4.79 Å². The molecule has 1 aromatic carbocycles. The van der Waals surface area contributed by atoms with Crippen molar-refractivity contribution >= 4 is 22.8 Å². The fourth-order valence-corrected chi connectivity index (χ4v) is 3.54. The molecule has 0 atom stereocenters. The van der Waals surface area contributed by atoms with Gasteiger partial charge in [0.15, 0.2) is 5.76 Å². The summed E-state index contributed by atoms with van der Waals surface area (Å²) in [5.74, 6) is -1.20. The number of carbonyl (C=O) groups excluding carboxylic acids is 1. The van der Waals surface area contributed by atoms with E-state index in [-0.39, 0.29) is 5.76 Å². The molecular formula is C18H21NO4. The zero-order chi connectivity index (χ0) is 16.8. The maximum absolute atomic E-state index is 12.7. The molecule has 1 aromatic heterocycles. The first-order valence-electron chi connectivity index (χ1n) is 7.91. The van der Waals surface area contributed by atoms with Gasteiger partial charge in [0.25, 0.3) is 5.91 Å². The molecule has 0 spiro atoms. The van der Waals surface area contributed by atoms with Gasteiger partial charge in [-0.15, -0.1) is 0 Å². The van der Waals surface area contributed by atoms with Gasteiger partial charge in [-0.05, 0) is 44.7 Å². The Balaban J connectivity index is 2.02. The molecule has 0 radical (unpaired) electrons. The van der Waals surface area contributed by atoms with Crippen LogP contribution in [0.15, 0.2) is 16.5 Å². The van der Waals surface area contributed by atoms with Crippen LogP contribution < -0.4 is 5.32 Å². The fourth-order valence-electron chi connectivity index (χ4n) is 3.54. The van der Waals surface area contributed by atoms with E-state index in [0.717, 1.165) is 34.9 Å². The zero-order valence-corrected chi connectivity index (χ0v) is 13.7. The molecule has 122 valence electrons. The lowest BCUT2D eigenvalue weighted by molar-refractivity contribution is -0.144. The zero-order valence-electron chi connectivity index (χ0n) is 13.7.